The van der Waals surface area contributed by atoms with Crippen LogP contribution in [0.15, 0.2) is 0 Å². The van der Waals surface area contributed by atoms with Crippen LogP contribution in [-0.4, -0.2) is 39.5 Å². The average molecular weight is 131 g/mol. The minimum Gasteiger partial charge on any atom is -0.382 e. The first kappa shape index (κ1) is 6.99. The zero-order chi connectivity index (χ0) is 6.74. The van der Waals surface area contributed by atoms with Gasteiger partial charge in [0, 0.05) is 27.3 Å². The third kappa shape index (κ3) is 1.23. The lowest BCUT2D eigenvalue weighted by Gasteiger charge is -2.40. The molecular formula is C6H13NO2. The van der Waals surface area contributed by atoms with Crippen LogP contribution in [0.2, 0.25) is 0 Å². The van der Waals surface area contributed by atoms with Crippen molar-refractivity contribution in [3.05, 3.63) is 0 Å². The van der Waals surface area contributed by atoms with Gasteiger partial charge in [-0.1, -0.05) is 0 Å². The van der Waals surface area contributed by atoms with E-state index < -0.39 is 0 Å². The number of methoxy groups -OCH3 is 2. The maximum absolute atomic E-state index is 5.23. The van der Waals surface area contributed by atoms with Gasteiger partial charge in [-0.25, -0.2) is 0 Å². The van der Waals surface area contributed by atoms with Crippen molar-refractivity contribution in [1.82, 2.24) is 5.32 Å². The van der Waals surface area contributed by atoms with Crippen molar-refractivity contribution in [2.24, 2.45) is 0 Å². The van der Waals surface area contributed by atoms with E-state index in [1.807, 2.05) is 0 Å². The van der Waals surface area contributed by atoms with Gasteiger partial charge in [0.25, 0.3) is 0 Å². The molecule has 0 aromatic carbocycles. The topological polar surface area (TPSA) is 30.5 Å². The van der Waals surface area contributed by atoms with E-state index in [4.69, 9.17) is 9.47 Å². The van der Waals surface area contributed by atoms with E-state index in [-0.39, 0.29) is 5.60 Å². The zero-order valence-corrected chi connectivity index (χ0v) is 5.94. The maximum atomic E-state index is 5.23. The molecule has 1 fully saturated rings. The van der Waals surface area contributed by atoms with Crippen molar-refractivity contribution >= 4 is 0 Å². The fourth-order valence-electron chi connectivity index (χ4n) is 0.972. The Labute approximate surface area is 55.3 Å². The molecular weight excluding hydrogens is 118 g/mol. The maximum Gasteiger partial charge on any atom is 0.116 e. The lowest BCUT2D eigenvalue weighted by Crippen LogP contribution is -2.63. The zero-order valence-electron chi connectivity index (χ0n) is 5.94. The van der Waals surface area contributed by atoms with Crippen LogP contribution >= 0.6 is 0 Å². The van der Waals surface area contributed by atoms with Crippen LogP contribution in [0, 0.1) is 0 Å². The fraction of sp³-hybridized carbons (Fsp3) is 1.00. The second-order valence-corrected chi connectivity index (χ2v) is 2.42. The molecule has 0 amide bonds. The smallest absolute Gasteiger partial charge is 0.116 e. The molecule has 0 unspecified atom stereocenters. The van der Waals surface area contributed by atoms with E-state index in [0.29, 0.717) is 6.61 Å². The molecule has 9 heavy (non-hydrogen) atoms. The lowest BCUT2D eigenvalue weighted by atomic mass is 9.98. The molecule has 0 aromatic rings. The second kappa shape index (κ2) is 2.64. The Hall–Kier alpha value is -0.120. The third-order valence-electron chi connectivity index (χ3n) is 1.73. The highest BCUT2D eigenvalue weighted by molar-refractivity contribution is 4.94. The summed E-state index contributed by atoms with van der Waals surface area (Å²) >= 11 is 0. The van der Waals surface area contributed by atoms with Crippen molar-refractivity contribution in [2.75, 3.05) is 33.9 Å². The van der Waals surface area contributed by atoms with E-state index in [1.54, 1.807) is 14.2 Å². The normalized spacial score (nSPS) is 23.3. The van der Waals surface area contributed by atoms with Crippen molar-refractivity contribution < 1.29 is 9.47 Å². The Morgan fingerprint density at radius 1 is 1.44 bits per heavy atom. The summed E-state index contributed by atoms with van der Waals surface area (Å²) in [5.74, 6) is 0. The summed E-state index contributed by atoms with van der Waals surface area (Å²) in [5, 5.41) is 3.13. The third-order valence-corrected chi connectivity index (χ3v) is 1.73. The van der Waals surface area contributed by atoms with Crippen molar-refractivity contribution in [2.45, 2.75) is 5.60 Å². The molecule has 3 nitrogen and oxygen atoms in total. The molecule has 0 aliphatic carbocycles. The quantitative estimate of drug-likeness (QED) is 0.566. The van der Waals surface area contributed by atoms with Gasteiger partial charge >= 0.3 is 0 Å². The molecule has 1 aliphatic heterocycles. The summed E-state index contributed by atoms with van der Waals surface area (Å²) in [6.45, 7) is 2.52. The van der Waals surface area contributed by atoms with Crippen molar-refractivity contribution in [3.63, 3.8) is 0 Å². The molecule has 1 aliphatic rings. The van der Waals surface area contributed by atoms with Gasteiger partial charge in [-0.15, -0.1) is 0 Å². The minimum absolute atomic E-state index is 0.0191. The van der Waals surface area contributed by atoms with Crippen molar-refractivity contribution in [3.8, 4) is 0 Å². The first-order chi connectivity index (χ1) is 4.33. The van der Waals surface area contributed by atoms with E-state index in [2.05, 4.69) is 5.32 Å². The summed E-state index contributed by atoms with van der Waals surface area (Å²) in [6, 6.07) is 0. The Balaban J connectivity index is 2.28. The monoisotopic (exact) mass is 131 g/mol. The predicted molar refractivity (Wildman–Crippen MR) is 34.5 cm³/mol. The molecule has 0 saturated carbocycles. The molecule has 0 atom stereocenters. The van der Waals surface area contributed by atoms with Crippen LogP contribution < -0.4 is 5.32 Å². The Morgan fingerprint density at radius 3 is 2.22 bits per heavy atom. The van der Waals surface area contributed by atoms with Gasteiger partial charge in [0.1, 0.15) is 5.60 Å². The molecule has 0 radical (unpaired) electrons. The number of hydrogen-bond acceptors (Lipinski definition) is 3. The van der Waals surface area contributed by atoms with Crippen LogP contribution in [0.3, 0.4) is 0 Å². The van der Waals surface area contributed by atoms with Gasteiger partial charge in [-0.2, -0.15) is 0 Å². The summed E-state index contributed by atoms with van der Waals surface area (Å²) < 4.78 is 10.2. The molecule has 1 heterocycles. The molecule has 1 rings (SSSR count). The van der Waals surface area contributed by atoms with Gasteiger partial charge < -0.3 is 14.8 Å². The summed E-state index contributed by atoms with van der Waals surface area (Å²) in [5.41, 5.74) is -0.0191. The van der Waals surface area contributed by atoms with Gasteiger partial charge in [0.15, 0.2) is 0 Å². The second-order valence-electron chi connectivity index (χ2n) is 2.42. The number of nitrogens with one attached hydrogen (secondary N) is 1. The van der Waals surface area contributed by atoms with Gasteiger partial charge in [-0.05, 0) is 0 Å². The van der Waals surface area contributed by atoms with E-state index in [9.17, 15) is 0 Å². The van der Waals surface area contributed by atoms with E-state index in [0.717, 1.165) is 13.1 Å². The summed E-state index contributed by atoms with van der Waals surface area (Å²) in [4.78, 5) is 0. The molecule has 54 valence electrons. The highest BCUT2D eigenvalue weighted by atomic mass is 16.5. The van der Waals surface area contributed by atoms with Crippen LogP contribution in [0.25, 0.3) is 0 Å². The van der Waals surface area contributed by atoms with Crippen LogP contribution in [0.1, 0.15) is 0 Å². The van der Waals surface area contributed by atoms with Crippen LogP contribution in [0.4, 0.5) is 0 Å². The number of rotatable bonds is 3. The van der Waals surface area contributed by atoms with Gasteiger partial charge in [0.05, 0.1) is 6.61 Å². The Morgan fingerprint density at radius 2 is 2.11 bits per heavy atom. The van der Waals surface area contributed by atoms with Gasteiger partial charge in [-0.3, -0.25) is 0 Å². The van der Waals surface area contributed by atoms with E-state index in [1.165, 1.54) is 0 Å². The Kier molecular flexibility index (Phi) is 2.05. The molecule has 1 saturated heterocycles. The molecule has 1 N–H and O–H groups in total. The average Bonchev–Trinajstić information content (AvgIpc) is 1.79. The fourth-order valence-corrected chi connectivity index (χ4v) is 0.972. The largest absolute Gasteiger partial charge is 0.382 e. The molecule has 0 bridgehead atoms. The Bertz CT molecular complexity index is 85.5. The SMILES string of the molecule is COCC1(OC)CNC1. The predicted octanol–water partition coefficient (Wildman–Crippen LogP) is -0.379. The highest BCUT2D eigenvalue weighted by Gasteiger charge is 2.36. The van der Waals surface area contributed by atoms with Gasteiger partial charge in [0.2, 0.25) is 0 Å². The molecule has 0 spiro atoms. The first-order valence-electron chi connectivity index (χ1n) is 3.08. The van der Waals surface area contributed by atoms with Crippen LogP contribution in [-0.2, 0) is 9.47 Å². The standard InChI is InChI=1S/C6H13NO2/c1-8-5-6(9-2)3-7-4-6/h7H,3-5H2,1-2H3. The van der Waals surface area contributed by atoms with E-state index >= 15 is 0 Å². The molecule has 3 heteroatoms. The lowest BCUT2D eigenvalue weighted by molar-refractivity contribution is -0.0955. The number of ether oxygens (including phenoxy) is 2. The highest BCUT2D eigenvalue weighted by Crippen LogP contribution is 2.14. The van der Waals surface area contributed by atoms with Crippen LogP contribution in [0.5, 0.6) is 0 Å². The first-order valence-corrected chi connectivity index (χ1v) is 3.08. The molecule has 0 aromatic heterocycles. The summed E-state index contributed by atoms with van der Waals surface area (Å²) in [7, 11) is 3.42. The minimum atomic E-state index is -0.0191. The number of hydrogen-bond donors (Lipinski definition) is 1. The van der Waals surface area contributed by atoms with Crippen molar-refractivity contribution in [1.29, 1.82) is 0 Å². The summed E-state index contributed by atoms with van der Waals surface area (Å²) in [6.07, 6.45) is 0.